The number of nitrogens with one attached hydrogen (secondary N) is 3. The van der Waals surface area contributed by atoms with Crippen molar-refractivity contribution in [2.24, 2.45) is 0 Å². The van der Waals surface area contributed by atoms with E-state index in [1.54, 1.807) is 0 Å². The van der Waals surface area contributed by atoms with E-state index in [2.05, 4.69) is 20.8 Å². The summed E-state index contributed by atoms with van der Waals surface area (Å²) >= 11 is 5.77. The number of aromatic nitrogens is 2. The van der Waals surface area contributed by atoms with Gasteiger partial charge in [-0.2, -0.15) is 5.10 Å². The first kappa shape index (κ1) is 12.9. The first-order chi connectivity index (χ1) is 9.06. The number of aromatic amines is 1. The van der Waals surface area contributed by atoms with Gasteiger partial charge in [-0.25, -0.2) is 9.59 Å². The number of benzene rings is 1. The number of H-pyrrole nitrogens is 1. The lowest BCUT2D eigenvalue weighted by atomic mass is 10.2. The van der Waals surface area contributed by atoms with E-state index in [0.29, 0.717) is 10.7 Å². The Labute approximate surface area is 112 Å². The molecule has 7 nitrogen and oxygen atoms in total. The summed E-state index contributed by atoms with van der Waals surface area (Å²) in [7, 11) is 0. The number of aromatic carboxylic acids is 1. The first-order valence-corrected chi connectivity index (χ1v) is 5.53. The van der Waals surface area contributed by atoms with Gasteiger partial charge in [-0.15, -0.1) is 0 Å². The van der Waals surface area contributed by atoms with Gasteiger partial charge < -0.3 is 15.7 Å². The predicted octanol–water partition coefficient (Wildman–Crippen LogP) is 2.41. The van der Waals surface area contributed by atoms with E-state index < -0.39 is 12.0 Å². The van der Waals surface area contributed by atoms with E-state index in [9.17, 15) is 9.59 Å². The highest BCUT2D eigenvalue weighted by atomic mass is 35.5. The second-order valence-corrected chi connectivity index (χ2v) is 4.00. The summed E-state index contributed by atoms with van der Waals surface area (Å²) in [5.74, 6) is -1.16. The van der Waals surface area contributed by atoms with E-state index >= 15 is 0 Å². The lowest BCUT2D eigenvalue weighted by molar-refractivity contribution is 0.0698. The minimum atomic E-state index is -1.16. The van der Waals surface area contributed by atoms with Crippen molar-refractivity contribution < 1.29 is 14.7 Å². The van der Waals surface area contributed by atoms with Gasteiger partial charge in [0.25, 0.3) is 0 Å². The first-order valence-electron chi connectivity index (χ1n) is 5.16. The average molecular weight is 281 g/mol. The zero-order chi connectivity index (χ0) is 13.8. The van der Waals surface area contributed by atoms with E-state index in [4.69, 9.17) is 16.7 Å². The molecule has 1 aromatic heterocycles. The number of carboxylic acid groups (broad SMARTS) is 1. The van der Waals surface area contributed by atoms with Gasteiger partial charge in [0.05, 0.1) is 23.1 Å². The standard InChI is InChI=1S/C11H9ClN4O3/c12-6-1-2-8(10(17)18)9(3-6)16-11(19)15-7-4-13-14-5-7/h1-5H,(H,13,14)(H,17,18)(H2,15,16,19). The van der Waals surface area contributed by atoms with Crippen molar-refractivity contribution >= 4 is 35.0 Å². The maximum absolute atomic E-state index is 11.7. The summed E-state index contributed by atoms with van der Waals surface area (Å²) in [5, 5.41) is 20.4. The molecule has 0 spiro atoms. The molecule has 4 N–H and O–H groups in total. The molecule has 2 aromatic rings. The van der Waals surface area contributed by atoms with Crippen molar-refractivity contribution in [2.75, 3.05) is 10.6 Å². The number of anilines is 2. The molecule has 0 unspecified atom stereocenters. The number of carbonyl (C=O) groups excluding carboxylic acids is 1. The van der Waals surface area contributed by atoms with Crippen LogP contribution in [0, 0.1) is 0 Å². The minimum Gasteiger partial charge on any atom is -0.478 e. The van der Waals surface area contributed by atoms with Crippen LogP contribution in [0.2, 0.25) is 5.02 Å². The topological polar surface area (TPSA) is 107 Å². The second kappa shape index (κ2) is 5.40. The number of urea groups is 1. The Morgan fingerprint density at radius 3 is 2.74 bits per heavy atom. The molecule has 0 fully saturated rings. The zero-order valence-corrected chi connectivity index (χ0v) is 10.2. The molecule has 98 valence electrons. The van der Waals surface area contributed by atoms with Crippen LogP contribution in [0.3, 0.4) is 0 Å². The van der Waals surface area contributed by atoms with Crippen LogP contribution in [0.25, 0.3) is 0 Å². The van der Waals surface area contributed by atoms with E-state index in [1.807, 2.05) is 0 Å². The van der Waals surface area contributed by atoms with Crippen molar-refractivity contribution in [3.8, 4) is 0 Å². The number of carbonyl (C=O) groups is 2. The number of halogens is 1. The van der Waals surface area contributed by atoms with Crippen LogP contribution >= 0.6 is 11.6 Å². The normalized spacial score (nSPS) is 9.95. The van der Waals surface area contributed by atoms with Crippen molar-refractivity contribution in [3.63, 3.8) is 0 Å². The van der Waals surface area contributed by atoms with Crippen molar-refractivity contribution in [3.05, 3.63) is 41.2 Å². The summed E-state index contributed by atoms with van der Waals surface area (Å²) in [6, 6.07) is 3.52. The Morgan fingerprint density at radius 2 is 2.11 bits per heavy atom. The van der Waals surface area contributed by atoms with E-state index in [1.165, 1.54) is 30.6 Å². The fraction of sp³-hybridized carbons (Fsp3) is 0. The molecule has 0 saturated carbocycles. The van der Waals surface area contributed by atoms with Crippen LogP contribution in [-0.2, 0) is 0 Å². The molecule has 19 heavy (non-hydrogen) atoms. The van der Waals surface area contributed by atoms with Crippen molar-refractivity contribution in [1.29, 1.82) is 0 Å². The number of rotatable bonds is 3. The number of hydrogen-bond acceptors (Lipinski definition) is 3. The third-order valence-corrected chi connectivity index (χ3v) is 2.45. The largest absolute Gasteiger partial charge is 0.478 e. The van der Waals surface area contributed by atoms with E-state index in [0.717, 1.165) is 0 Å². The third kappa shape index (κ3) is 3.23. The molecule has 0 bridgehead atoms. The number of amides is 2. The van der Waals surface area contributed by atoms with Gasteiger partial charge in [-0.3, -0.25) is 5.10 Å². The quantitative estimate of drug-likeness (QED) is 0.692. The molecule has 0 aliphatic rings. The van der Waals surface area contributed by atoms with Gasteiger partial charge in [-0.1, -0.05) is 11.6 Å². The number of carboxylic acids is 1. The van der Waals surface area contributed by atoms with Gasteiger partial charge in [0.15, 0.2) is 0 Å². The molecule has 0 saturated heterocycles. The van der Waals surface area contributed by atoms with Crippen LogP contribution in [0.15, 0.2) is 30.6 Å². The SMILES string of the molecule is O=C(Nc1cn[nH]c1)Nc1cc(Cl)ccc1C(=O)O. The molecule has 2 rings (SSSR count). The zero-order valence-electron chi connectivity index (χ0n) is 9.48. The summed E-state index contributed by atoms with van der Waals surface area (Å²) in [4.78, 5) is 22.7. The van der Waals surface area contributed by atoms with Crippen LogP contribution in [0.5, 0.6) is 0 Å². The smallest absolute Gasteiger partial charge is 0.337 e. The Bertz CT molecular complexity index is 612. The van der Waals surface area contributed by atoms with Crippen LogP contribution in [0.1, 0.15) is 10.4 Å². The maximum Gasteiger partial charge on any atom is 0.337 e. The maximum atomic E-state index is 11.7. The van der Waals surface area contributed by atoms with Crippen LogP contribution in [0.4, 0.5) is 16.2 Å². The fourth-order valence-corrected chi connectivity index (χ4v) is 1.58. The second-order valence-electron chi connectivity index (χ2n) is 3.56. The number of hydrogen-bond donors (Lipinski definition) is 4. The molecule has 0 aliphatic carbocycles. The lowest BCUT2D eigenvalue weighted by Gasteiger charge is -2.09. The summed E-state index contributed by atoms with van der Waals surface area (Å²) in [5.41, 5.74) is 0.518. The van der Waals surface area contributed by atoms with Gasteiger partial charge in [0.1, 0.15) is 0 Å². The minimum absolute atomic E-state index is 0.0493. The van der Waals surface area contributed by atoms with Gasteiger partial charge >= 0.3 is 12.0 Å². The molecular weight excluding hydrogens is 272 g/mol. The Kier molecular flexibility index (Phi) is 3.67. The van der Waals surface area contributed by atoms with Crippen molar-refractivity contribution in [1.82, 2.24) is 10.2 Å². The Morgan fingerprint density at radius 1 is 1.32 bits per heavy atom. The number of nitrogens with zero attached hydrogens (tertiary/aromatic N) is 1. The van der Waals surface area contributed by atoms with Crippen molar-refractivity contribution in [2.45, 2.75) is 0 Å². The highest BCUT2D eigenvalue weighted by Crippen LogP contribution is 2.21. The van der Waals surface area contributed by atoms with Gasteiger partial charge in [-0.05, 0) is 18.2 Å². The lowest BCUT2D eigenvalue weighted by Crippen LogP contribution is -2.20. The monoisotopic (exact) mass is 280 g/mol. The van der Waals surface area contributed by atoms with Crippen LogP contribution in [-0.4, -0.2) is 27.3 Å². The summed E-state index contributed by atoms with van der Waals surface area (Å²) in [6.45, 7) is 0. The molecular formula is C11H9ClN4O3. The third-order valence-electron chi connectivity index (χ3n) is 2.22. The van der Waals surface area contributed by atoms with E-state index in [-0.39, 0.29) is 11.3 Å². The molecule has 0 atom stereocenters. The summed E-state index contributed by atoms with van der Waals surface area (Å²) < 4.78 is 0. The molecule has 1 heterocycles. The molecule has 8 heteroatoms. The molecule has 0 radical (unpaired) electrons. The Balaban J connectivity index is 2.16. The highest BCUT2D eigenvalue weighted by molar-refractivity contribution is 6.31. The Hall–Kier alpha value is -2.54. The molecule has 0 aliphatic heterocycles. The molecule has 2 amide bonds. The van der Waals surface area contributed by atoms with Gasteiger partial charge in [0.2, 0.25) is 0 Å². The fourth-order valence-electron chi connectivity index (χ4n) is 1.41. The van der Waals surface area contributed by atoms with Gasteiger partial charge in [0, 0.05) is 11.2 Å². The van der Waals surface area contributed by atoms with Crippen LogP contribution < -0.4 is 10.6 Å². The highest BCUT2D eigenvalue weighted by Gasteiger charge is 2.13. The summed E-state index contributed by atoms with van der Waals surface area (Å²) in [6.07, 6.45) is 2.89. The molecule has 1 aromatic carbocycles. The average Bonchev–Trinajstić information content (AvgIpc) is 2.81. The predicted molar refractivity (Wildman–Crippen MR) is 69.6 cm³/mol.